The summed E-state index contributed by atoms with van der Waals surface area (Å²) in [5.41, 5.74) is 0.382. The maximum absolute atomic E-state index is 8.62. The van der Waals surface area contributed by atoms with E-state index in [1.807, 2.05) is 0 Å². The van der Waals surface area contributed by atoms with E-state index in [0.717, 1.165) is 0 Å². The van der Waals surface area contributed by atoms with Gasteiger partial charge in [0, 0.05) is 6.54 Å². The second kappa shape index (κ2) is 5.24. The zero-order valence-electron chi connectivity index (χ0n) is 6.82. The summed E-state index contributed by atoms with van der Waals surface area (Å²) in [6, 6.07) is 0. The number of aliphatic hydroxyl groups excluding tert-OH is 1. The van der Waals surface area contributed by atoms with E-state index >= 15 is 0 Å². The van der Waals surface area contributed by atoms with Gasteiger partial charge in [-0.25, -0.2) is 4.98 Å². The SMILES string of the molecule is OCCNc1c(Cl)c(Cl)nc(Cl)c1Cl. The van der Waals surface area contributed by atoms with Crippen molar-refractivity contribution in [2.24, 2.45) is 0 Å². The smallest absolute Gasteiger partial charge is 0.151 e. The molecule has 1 heterocycles. The molecule has 0 aromatic carbocycles. The largest absolute Gasteiger partial charge is 0.395 e. The van der Waals surface area contributed by atoms with Crippen molar-refractivity contribution < 1.29 is 5.11 Å². The van der Waals surface area contributed by atoms with Crippen LogP contribution in [0.1, 0.15) is 0 Å². The minimum absolute atomic E-state index is 0.0514. The fourth-order valence-corrected chi connectivity index (χ4v) is 1.68. The Morgan fingerprint density at radius 3 is 2.00 bits per heavy atom. The van der Waals surface area contributed by atoms with Crippen molar-refractivity contribution >= 4 is 52.1 Å². The fraction of sp³-hybridized carbons (Fsp3) is 0.286. The van der Waals surface area contributed by atoms with E-state index in [1.54, 1.807) is 0 Å². The normalized spacial score (nSPS) is 10.4. The molecule has 3 nitrogen and oxygen atoms in total. The summed E-state index contributed by atoms with van der Waals surface area (Å²) in [5, 5.41) is 11.9. The van der Waals surface area contributed by atoms with Gasteiger partial charge in [0.15, 0.2) is 10.3 Å². The molecule has 1 aromatic rings. The molecule has 7 heteroatoms. The third kappa shape index (κ3) is 2.55. The highest BCUT2D eigenvalue weighted by Gasteiger charge is 2.14. The molecule has 0 fully saturated rings. The number of aromatic nitrogens is 1. The standard InChI is InChI=1S/C7H6Cl4N2O/c8-3-5(12-1-2-14)4(9)7(11)13-6(3)10/h14H,1-2H2,(H,12,13). The second-order valence-corrected chi connectivity index (χ2v) is 3.82. The Bertz CT molecular complexity index is 319. The van der Waals surface area contributed by atoms with E-state index < -0.39 is 0 Å². The van der Waals surface area contributed by atoms with Gasteiger partial charge in [0.1, 0.15) is 10.0 Å². The summed E-state index contributed by atoms with van der Waals surface area (Å²) in [7, 11) is 0. The summed E-state index contributed by atoms with van der Waals surface area (Å²) in [5.74, 6) is 0. The van der Waals surface area contributed by atoms with Crippen LogP contribution < -0.4 is 5.32 Å². The number of nitrogens with zero attached hydrogens (tertiary/aromatic N) is 1. The maximum Gasteiger partial charge on any atom is 0.151 e. The number of aliphatic hydroxyl groups is 1. The second-order valence-electron chi connectivity index (χ2n) is 2.35. The van der Waals surface area contributed by atoms with Gasteiger partial charge in [-0.2, -0.15) is 0 Å². The van der Waals surface area contributed by atoms with Crippen molar-refractivity contribution in [1.29, 1.82) is 0 Å². The third-order valence-corrected chi connectivity index (χ3v) is 2.89. The molecule has 2 N–H and O–H groups in total. The molecule has 0 spiro atoms. The maximum atomic E-state index is 8.62. The Labute approximate surface area is 101 Å². The number of halogens is 4. The van der Waals surface area contributed by atoms with Crippen LogP contribution in [0.15, 0.2) is 0 Å². The van der Waals surface area contributed by atoms with Crippen LogP contribution in [0.25, 0.3) is 0 Å². The van der Waals surface area contributed by atoms with Crippen LogP contribution in [0.3, 0.4) is 0 Å². The first kappa shape index (κ1) is 12.1. The molecule has 0 aliphatic rings. The number of nitrogens with one attached hydrogen (secondary N) is 1. The Kier molecular flexibility index (Phi) is 4.54. The average Bonchev–Trinajstić information content (AvgIpc) is 2.15. The van der Waals surface area contributed by atoms with Crippen molar-refractivity contribution in [2.45, 2.75) is 0 Å². The first-order valence-corrected chi connectivity index (χ1v) is 5.13. The first-order chi connectivity index (χ1) is 6.57. The van der Waals surface area contributed by atoms with Gasteiger partial charge in [-0.15, -0.1) is 0 Å². The van der Waals surface area contributed by atoms with Crippen molar-refractivity contribution in [3.05, 3.63) is 20.4 Å². The topological polar surface area (TPSA) is 45.1 Å². The minimum Gasteiger partial charge on any atom is -0.395 e. The molecule has 0 saturated heterocycles. The van der Waals surface area contributed by atoms with Crippen molar-refractivity contribution in [3.8, 4) is 0 Å². The van der Waals surface area contributed by atoms with Crippen LogP contribution in [0.2, 0.25) is 20.4 Å². The molecule has 0 saturated carbocycles. The van der Waals surface area contributed by atoms with Crippen molar-refractivity contribution in [3.63, 3.8) is 0 Å². The van der Waals surface area contributed by atoms with E-state index in [2.05, 4.69) is 10.3 Å². The highest BCUT2D eigenvalue weighted by atomic mass is 35.5. The number of anilines is 1. The summed E-state index contributed by atoms with van der Waals surface area (Å²) in [6.45, 7) is 0.250. The van der Waals surface area contributed by atoms with Crippen LogP contribution in [-0.4, -0.2) is 23.2 Å². The van der Waals surface area contributed by atoms with Gasteiger partial charge in [0.25, 0.3) is 0 Å². The number of rotatable bonds is 3. The third-order valence-electron chi connectivity index (χ3n) is 1.41. The Morgan fingerprint density at radius 2 is 1.57 bits per heavy atom. The van der Waals surface area contributed by atoms with Gasteiger partial charge >= 0.3 is 0 Å². The van der Waals surface area contributed by atoms with Gasteiger partial charge in [0.05, 0.1) is 12.3 Å². The molecule has 14 heavy (non-hydrogen) atoms. The minimum atomic E-state index is -0.0514. The van der Waals surface area contributed by atoms with Gasteiger partial charge in [0.2, 0.25) is 0 Å². The lowest BCUT2D eigenvalue weighted by Crippen LogP contribution is -2.07. The number of hydrogen-bond donors (Lipinski definition) is 2. The molecular weight excluding hydrogens is 270 g/mol. The van der Waals surface area contributed by atoms with Crippen LogP contribution in [0.5, 0.6) is 0 Å². The molecule has 0 aliphatic carbocycles. The van der Waals surface area contributed by atoms with Crippen molar-refractivity contribution in [2.75, 3.05) is 18.5 Å². The van der Waals surface area contributed by atoms with Crippen LogP contribution in [0, 0.1) is 0 Å². The summed E-state index contributed by atoms with van der Waals surface area (Å²) in [4.78, 5) is 3.71. The molecule has 0 bridgehead atoms. The molecule has 1 aromatic heterocycles. The molecule has 0 amide bonds. The molecule has 0 atom stereocenters. The van der Waals surface area contributed by atoms with Gasteiger partial charge in [-0.1, -0.05) is 46.4 Å². The van der Waals surface area contributed by atoms with E-state index in [-0.39, 0.29) is 27.0 Å². The lowest BCUT2D eigenvalue weighted by molar-refractivity contribution is 0.311. The number of hydrogen-bond acceptors (Lipinski definition) is 3. The Hall–Kier alpha value is 0.0700. The lowest BCUT2D eigenvalue weighted by atomic mass is 10.4. The zero-order valence-corrected chi connectivity index (χ0v) is 9.84. The monoisotopic (exact) mass is 274 g/mol. The first-order valence-electron chi connectivity index (χ1n) is 3.62. The summed E-state index contributed by atoms with van der Waals surface area (Å²) >= 11 is 23.0. The summed E-state index contributed by atoms with van der Waals surface area (Å²) in [6.07, 6.45) is 0. The molecule has 1 rings (SSSR count). The van der Waals surface area contributed by atoms with E-state index in [0.29, 0.717) is 12.2 Å². The van der Waals surface area contributed by atoms with Crippen LogP contribution in [0.4, 0.5) is 5.69 Å². The quantitative estimate of drug-likeness (QED) is 0.834. The van der Waals surface area contributed by atoms with E-state index in [9.17, 15) is 0 Å². The van der Waals surface area contributed by atoms with Gasteiger partial charge < -0.3 is 10.4 Å². The van der Waals surface area contributed by atoms with Crippen LogP contribution in [-0.2, 0) is 0 Å². The van der Waals surface area contributed by atoms with Crippen molar-refractivity contribution in [1.82, 2.24) is 4.98 Å². The average molecular weight is 276 g/mol. The van der Waals surface area contributed by atoms with E-state index in [4.69, 9.17) is 51.5 Å². The van der Waals surface area contributed by atoms with Gasteiger partial charge in [-0.3, -0.25) is 0 Å². The number of pyridine rings is 1. The van der Waals surface area contributed by atoms with Gasteiger partial charge in [-0.05, 0) is 0 Å². The van der Waals surface area contributed by atoms with E-state index in [1.165, 1.54) is 0 Å². The lowest BCUT2D eigenvalue weighted by Gasteiger charge is -2.10. The van der Waals surface area contributed by atoms with Crippen LogP contribution >= 0.6 is 46.4 Å². The Morgan fingerprint density at radius 1 is 1.07 bits per heavy atom. The highest BCUT2D eigenvalue weighted by Crippen LogP contribution is 2.38. The highest BCUT2D eigenvalue weighted by molar-refractivity contribution is 6.48. The zero-order chi connectivity index (χ0) is 10.7. The molecule has 0 radical (unpaired) electrons. The molecule has 0 unspecified atom stereocenters. The predicted octanol–water partition coefficient (Wildman–Crippen LogP) is 3.10. The Balaban J connectivity index is 3.11. The molecule has 0 aliphatic heterocycles. The summed E-state index contributed by atoms with van der Waals surface area (Å²) < 4.78 is 0. The predicted molar refractivity (Wildman–Crippen MR) is 59.9 cm³/mol. The molecule has 78 valence electrons. The fourth-order valence-electron chi connectivity index (χ4n) is 0.823. The molecular formula is C7H6Cl4N2O.